The molecule has 2 aromatic rings. The van der Waals surface area contributed by atoms with Crippen LogP contribution in [0.25, 0.3) is 10.8 Å². The van der Waals surface area contributed by atoms with Gasteiger partial charge in [0.15, 0.2) is 11.5 Å². The molecule has 6 heteroatoms. The molecule has 1 aliphatic heterocycles. The number of carbonyl (C=O) groups is 1. The van der Waals surface area contributed by atoms with E-state index >= 15 is 0 Å². The summed E-state index contributed by atoms with van der Waals surface area (Å²) in [5.41, 5.74) is 0. The fourth-order valence-electron chi connectivity index (χ4n) is 2.24. The molecule has 22 heavy (non-hydrogen) atoms. The minimum atomic E-state index is -0.466. The molecule has 0 aromatic heterocycles. The average molecular weight is 302 g/mol. The number of fused-ring (bicyclic) bond motifs is 2. The van der Waals surface area contributed by atoms with Crippen molar-refractivity contribution in [1.29, 1.82) is 0 Å². The van der Waals surface area contributed by atoms with Gasteiger partial charge in [0, 0.05) is 18.5 Å². The molecule has 1 aliphatic rings. The van der Waals surface area contributed by atoms with Crippen LogP contribution in [0.2, 0.25) is 0 Å². The summed E-state index contributed by atoms with van der Waals surface area (Å²) < 4.78 is 16.1. The topological polar surface area (TPSA) is 60.0 Å². The highest BCUT2D eigenvalue weighted by Crippen LogP contribution is 2.39. The van der Waals surface area contributed by atoms with E-state index < -0.39 is 6.09 Å². The molecule has 3 rings (SSSR count). The van der Waals surface area contributed by atoms with Crippen LogP contribution < -0.4 is 19.5 Å². The third-order valence-corrected chi connectivity index (χ3v) is 3.36. The number of ether oxygens (including phenoxy) is 3. The molecule has 1 N–H and O–H groups in total. The van der Waals surface area contributed by atoms with E-state index in [1.807, 2.05) is 43.3 Å². The van der Waals surface area contributed by atoms with Gasteiger partial charge in [-0.05, 0) is 37.7 Å². The zero-order valence-corrected chi connectivity index (χ0v) is 12.6. The molecule has 0 spiro atoms. The van der Waals surface area contributed by atoms with Gasteiger partial charge in [-0.25, -0.2) is 4.79 Å². The predicted octanol–water partition coefficient (Wildman–Crippen LogP) is 2.22. The van der Waals surface area contributed by atoms with Gasteiger partial charge in [0.25, 0.3) is 0 Å². The standard InChI is InChI=1S/C16H18N2O4/c1-18(2)7-6-17-16(19)22-13-5-3-4-11-8-14-15(9-12(11)13)21-10-20-14/h3-5,8-9H,6-7,10H2,1-2H3,(H,17,19). The first-order valence-electron chi connectivity index (χ1n) is 7.06. The van der Waals surface area contributed by atoms with E-state index in [1.165, 1.54) is 0 Å². The molecular weight excluding hydrogens is 284 g/mol. The van der Waals surface area contributed by atoms with Crippen LogP contribution in [0.5, 0.6) is 17.2 Å². The molecule has 6 nitrogen and oxygen atoms in total. The Morgan fingerprint density at radius 3 is 2.82 bits per heavy atom. The molecule has 0 atom stereocenters. The fourth-order valence-corrected chi connectivity index (χ4v) is 2.24. The van der Waals surface area contributed by atoms with Crippen molar-refractivity contribution in [3.8, 4) is 17.2 Å². The summed E-state index contributed by atoms with van der Waals surface area (Å²) in [6.45, 7) is 1.50. The Kier molecular flexibility index (Phi) is 4.02. The largest absolute Gasteiger partial charge is 0.454 e. The number of amides is 1. The van der Waals surface area contributed by atoms with Gasteiger partial charge >= 0.3 is 6.09 Å². The van der Waals surface area contributed by atoms with Crippen molar-refractivity contribution in [1.82, 2.24) is 10.2 Å². The summed E-state index contributed by atoms with van der Waals surface area (Å²) in [7, 11) is 3.89. The van der Waals surface area contributed by atoms with Crippen molar-refractivity contribution in [2.24, 2.45) is 0 Å². The zero-order valence-electron chi connectivity index (χ0n) is 12.6. The molecule has 2 aromatic carbocycles. The summed E-state index contributed by atoms with van der Waals surface area (Å²) in [4.78, 5) is 13.8. The molecule has 0 radical (unpaired) electrons. The van der Waals surface area contributed by atoms with Gasteiger partial charge in [-0.2, -0.15) is 0 Å². The van der Waals surface area contributed by atoms with Gasteiger partial charge in [0.05, 0.1) is 0 Å². The van der Waals surface area contributed by atoms with E-state index in [4.69, 9.17) is 14.2 Å². The smallest absolute Gasteiger partial charge is 0.412 e. The highest BCUT2D eigenvalue weighted by atomic mass is 16.7. The Bertz CT molecular complexity index is 700. The quantitative estimate of drug-likeness (QED) is 0.938. The summed E-state index contributed by atoms with van der Waals surface area (Å²) in [6, 6.07) is 9.26. The van der Waals surface area contributed by atoms with E-state index in [9.17, 15) is 4.79 Å². The van der Waals surface area contributed by atoms with Gasteiger partial charge < -0.3 is 24.4 Å². The fraction of sp³-hybridized carbons (Fsp3) is 0.312. The SMILES string of the molecule is CN(C)CCNC(=O)Oc1cccc2cc3c(cc12)OCO3. The van der Waals surface area contributed by atoms with E-state index in [2.05, 4.69) is 5.32 Å². The second-order valence-electron chi connectivity index (χ2n) is 5.30. The molecule has 0 saturated carbocycles. The molecule has 0 aliphatic carbocycles. The number of carbonyl (C=O) groups excluding carboxylic acids is 1. The van der Waals surface area contributed by atoms with Gasteiger partial charge in [0.2, 0.25) is 6.79 Å². The van der Waals surface area contributed by atoms with Crippen LogP contribution in [0.3, 0.4) is 0 Å². The third kappa shape index (κ3) is 3.07. The van der Waals surface area contributed by atoms with Crippen LogP contribution in [-0.4, -0.2) is 45.0 Å². The van der Waals surface area contributed by atoms with Crippen LogP contribution in [-0.2, 0) is 0 Å². The Morgan fingerprint density at radius 1 is 1.27 bits per heavy atom. The maximum absolute atomic E-state index is 11.9. The Hall–Kier alpha value is -2.47. The molecule has 0 saturated heterocycles. The number of hydrogen-bond donors (Lipinski definition) is 1. The lowest BCUT2D eigenvalue weighted by Crippen LogP contribution is -2.33. The average Bonchev–Trinajstić information content (AvgIpc) is 2.92. The Balaban J connectivity index is 1.77. The summed E-state index contributed by atoms with van der Waals surface area (Å²) in [5.74, 6) is 1.87. The molecule has 0 fully saturated rings. The number of hydrogen-bond acceptors (Lipinski definition) is 5. The Labute approximate surface area is 128 Å². The highest BCUT2D eigenvalue weighted by Gasteiger charge is 2.16. The van der Waals surface area contributed by atoms with E-state index in [0.29, 0.717) is 23.8 Å². The molecule has 0 unspecified atom stereocenters. The molecule has 1 heterocycles. The van der Waals surface area contributed by atoms with Crippen molar-refractivity contribution >= 4 is 16.9 Å². The van der Waals surface area contributed by atoms with Gasteiger partial charge in [-0.15, -0.1) is 0 Å². The van der Waals surface area contributed by atoms with Crippen LogP contribution in [0.4, 0.5) is 4.79 Å². The van der Waals surface area contributed by atoms with Crippen LogP contribution in [0.15, 0.2) is 30.3 Å². The lowest BCUT2D eigenvalue weighted by atomic mass is 10.1. The van der Waals surface area contributed by atoms with Crippen molar-refractivity contribution < 1.29 is 19.0 Å². The second kappa shape index (κ2) is 6.11. The third-order valence-electron chi connectivity index (χ3n) is 3.36. The molecule has 0 bridgehead atoms. The van der Waals surface area contributed by atoms with E-state index in [-0.39, 0.29) is 6.79 Å². The van der Waals surface area contributed by atoms with Gasteiger partial charge in [0.1, 0.15) is 5.75 Å². The van der Waals surface area contributed by atoms with Gasteiger partial charge in [-0.3, -0.25) is 0 Å². The minimum Gasteiger partial charge on any atom is -0.454 e. The monoisotopic (exact) mass is 302 g/mol. The van der Waals surface area contributed by atoms with Gasteiger partial charge in [-0.1, -0.05) is 12.1 Å². The zero-order chi connectivity index (χ0) is 15.5. The Morgan fingerprint density at radius 2 is 2.05 bits per heavy atom. The highest BCUT2D eigenvalue weighted by molar-refractivity contribution is 5.93. The van der Waals surface area contributed by atoms with Crippen LogP contribution in [0, 0.1) is 0 Å². The van der Waals surface area contributed by atoms with Crippen molar-refractivity contribution in [3.63, 3.8) is 0 Å². The molecule has 1 amide bonds. The summed E-state index contributed by atoms with van der Waals surface area (Å²) in [6.07, 6.45) is -0.466. The summed E-state index contributed by atoms with van der Waals surface area (Å²) in [5, 5.41) is 4.47. The number of likely N-dealkylation sites (N-methyl/N-ethyl adjacent to an activating group) is 1. The predicted molar refractivity (Wildman–Crippen MR) is 82.7 cm³/mol. The maximum Gasteiger partial charge on any atom is 0.412 e. The van der Waals surface area contributed by atoms with Crippen molar-refractivity contribution in [3.05, 3.63) is 30.3 Å². The first-order chi connectivity index (χ1) is 10.6. The van der Waals surface area contributed by atoms with E-state index in [1.54, 1.807) is 6.07 Å². The lowest BCUT2D eigenvalue weighted by Gasteiger charge is -2.12. The normalized spacial score (nSPS) is 12.7. The number of nitrogens with zero attached hydrogens (tertiary/aromatic N) is 1. The lowest BCUT2D eigenvalue weighted by molar-refractivity contribution is 0.174. The second-order valence-corrected chi connectivity index (χ2v) is 5.30. The molecular formula is C16H18N2O4. The number of nitrogens with one attached hydrogen (secondary N) is 1. The molecule has 116 valence electrons. The maximum atomic E-state index is 11.9. The summed E-state index contributed by atoms with van der Waals surface area (Å²) >= 11 is 0. The van der Waals surface area contributed by atoms with Crippen molar-refractivity contribution in [2.75, 3.05) is 34.0 Å². The van der Waals surface area contributed by atoms with Crippen LogP contribution >= 0.6 is 0 Å². The van der Waals surface area contributed by atoms with Crippen LogP contribution in [0.1, 0.15) is 0 Å². The minimum absolute atomic E-state index is 0.215. The number of rotatable bonds is 4. The van der Waals surface area contributed by atoms with E-state index in [0.717, 1.165) is 17.3 Å². The first-order valence-corrected chi connectivity index (χ1v) is 7.06. The van der Waals surface area contributed by atoms with Crippen molar-refractivity contribution in [2.45, 2.75) is 0 Å². The number of benzene rings is 2. The first kappa shape index (κ1) is 14.5.